The molecular formula is C2H12MnN2O6P-. The molecule has 0 spiro atoms. The first-order chi connectivity index (χ1) is 3.73. The Morgan fingerprint density at radius 3 is 1.25 bits per heavy atom. The van der Waals surface area contributed by atoms with Crippen LogP contribution in [-0.4, -0.2) is 11.1 Å². The second kappa shape index (κ2) is 13.6. The topological polar surface area (TPSA) is 197 Å². The van der Waals surface area contributed by atoms with Crippen LogP contribution in [0.1, 0.15) is 6.92 Å². The second-order valence-electron chi connectivity index (χ2n) is 0.966. The number of carboxylic acids is 1. The van der Waals surface area contributed by atoms with Crippen molar-refractivity contribution in [1.29, 1.82) is 0 Å². The summed E-state index contributed by atoms with van der Waals surface area (Å²) in [5.41, 5.74) is 0. The van der Waals surface area contributed by atoms with Gasteiger partial charge in [-0.15, -0.1) is 0 Å². The third-order valence-corrected chi connectivity index (χ3v) is 0. The minimum Gasteiger partial charge on any atom is -0.822 e. The Kier molecular flexibility index (Phi) is 33.6. The molecule has 0 aliphatic carbocycles. The van der Waals surface area contributed by atoms with E-state index in [1.165, 1.54) is 0 Å². The molecule has 0 aromatic rings. The van der Waals surface area contributed by atoms with Crippen molar-refractivity contribution in [2.45, 2.75) is 6.92 Å². The van der Waals surface area contributed by atoms with Crippen molar-refractivity contribution >= 4 is 13.8 Å². The van der Waals surface area contributed by atoms with Crippen LogP contribution in [0.5, 0.6) is 0 Å². The van der Waals surface area contributed by atoms with Crippen LogP contribution < -0.4 is 27.0 Å². The van der Waals surface area contributed by atoms with Crippen molar-refractivity contribution in [3.63, 3.8) is 0 Å². The van der Waals surface area contributed by atoms with E-state index in [1.807, 2.05) is 0 Å². The molecule has 12 heavy (non-hydrogen) atoms. The van der Waals surface area contributed by atoms with Gasteiger partial charge >= 0.3 is 0 Å². The molecule has 0 aliphatic rings. The Labute approximate surface area is 79.9 Å². The van der Waals surface area contributed by atoms with Gasteiger partial charge in [-0.25, -0.2) is 0 Å². The number of hydrogen-bond acceptors (Lipinski definition) is 5. The van der Waals surface area contributed by atoms with Crippen molar-refractivity contribution in [3.8, 4) is 0 Å². The maximum absolute atomic E-state index is 9.00. The van der Waals surface area contributed by atoms with E-state index < -0.39 is 13.8 Å². The molecule has 0 amide bonds. The molecule has 0 saturated carbocycles. The molecule has 10 heteroatoms. The van der Waals surface area contributed by atoms with Gasteiger partial charge in [-0.3, -0.25) is 4.79 Å². The second-order valence-corrected chi connectivity index (χ2v) is 1.86. The summed E-state index contributed by atoms with van der Waals surface area (Å²) >= 11 is 0. The number of quaternary nitrogens is 2. The number of carboxylic acid groups (broad SMARTS) is 1. The Bertz CT molecular complexity index is 123. The van der Waals surface area contributed by atoms with E-state index in [2.05, 4.69) is 0 Å². The van der Waals surface area contributed by atoms with E-state index in [9.17, 15) is 0 Å². The van der Waals surface area contributed by atoms with E-state index in [1.54, 1.807) is 0 Å². The average molecular weight is 246 g/mol. The van der Waals surface area contributed by atoms with Gasteiger partial charge in [0.1, 0.15) is 0 Å². The first-order valence-corrected chi connectivity index (χ1v) is 3.12. The van der Waals surface area contributed by atoms with E-state index in [-0.39, 0.29) is 29.4 Å². The van der Waals surface area contributed by atoms with Crippen LogP contribution in [0.3, 0.4) is 0 Å². The summed E-state index contributed by atoms with van der Waals surface area (Å²) in [4.78, 5) is 34.6. The Morgan fingerprint density at radius 2 is 1.25 bits per heavy atom. The van der Waals surface area contributed by atoms with Gasteiger partial charge in [0.2, 0.25) is 0 Å². The molecular weight excluding hydrogens is 234 g/mol. The standard InChI is InChI=1S/C2H4O2.Mn.2H3N.H3O4P/c1-2(3)4;;;;1-5(2,3)4/h1H3,(H,3,4);;2*1H3;(H3,1,2,3,4)/p-1. The van der Waals surface area contributed by atoms with Crippen LogP contribution in [0.25, 0.3) is 0 Å². The third-order valence-electron chi connectivity index (χ3n) is 0. The van der Waals surface area contributed by atoms with Gasteiger partial charge in [0.25, 0.3) is 5.97 Å². The van der Waals surface area contributed by atoms with Gasteiger partial charge in [-0.1, -0.05) is 0 Å². The Balaban J connectivity index is -0.0000000221. The molecule has 0 aliphatic heterocycles. The zero-order valence-electron chi connectivity index (χ0n) is 6.81. The van der Waals surface area contributed by atoms with Gasteiger partial charge < -0.3 is 36.7 Å². The first-order valence-electron chi connectivity index (χ1n) is 1.66. The van der Waals surface area contributed by atoms with Crippen LogP contribution in [0.15, 0.2) is 0 Å². The normalized spacial score (nSPS) is 7.00. The summed E-state index contributed by atoms with van der Waals surface area (Å²) in [6.07, 6.45) is 0. The molecule has 0 bridgehead atoms. The molecule has 79 valence electrons. The van der Waals surface area contributed by atoms with Crippen LogP contribution in [0.2, 0.25) is 0 Å². The van der Waals surface area contributed by atoms with Crippen molar-refractivity contribution in [3.05, 3.63) is 0 Å². The largest absolute Gasteiger partial charge is 0.822 e. The van der Waals surface area contributed by atoms with Crippen molar-refractivity contribution in [2.24, 2.45) is 0 Å². The number of aliphatic carboxylic acids is 1. The summed E-state index contributed by atoms with van der Waals surface area (Å²) in [5, 5.41) is 7.42. The SMILES string of the molecule is CC(=O)O.O=P([O-])([O-])[O-].[Mn].[NH4+].[NH4+]. The van der Waals surface area contributed by atoms with Crippen LogP contribution in [0, 0.1) is 0 Å². The summed E-state index contributed by atoms with van der Waals surface area (Å²) in [5.74, 6) is -0.833. The van der Waals surface area contributed by atoms with Gasteiger partial charge in [-0.2, -0.15) is 7.82 Å². The zero-order chi connectivity index (χ0) is 8.08. The predicted octanol–water partition coefficient (Wildman–Crippen LogP) is -1.98. The average Bonchev–Trinajstić information content (AvgIpc) is 1.19. The van der Waals surface area contributed by atoms with Crippen LogP contribution in [0.4, 0.5) is 0 Å². The van der Waals surface area contributed by atoms with Gasteiger partial charge in [0, 0.05) is 24.0 Å². The molecule has 8 nitrogen and oxygen atoms in total. The molecule has 0 unspecified atom stereocenters. The number of carbonyl (C=O) groups is 1. The van der Waals surface area contributed by atoms with Crippen LogP contribution in [-0.2, 0) is 26.4 Å². The fourth-order valence-electron chi connectivity index (χ4n) is 0. The summed E-state index contributed by atoms with van der Waals surface area (Å²) < 4.78 is 8.55. The molecule has 0 rings (SSSR count). The monoisotopic (exact) mass is 246 g/mol. The molecule has 0 heterocycles. The molecule has 0 fully saturated rings. The smallest absolute Gasteiger partial charge is 0.300 e. The van der Waals surface area contributed by atoms with E-state index >= 15 is 0 Å². The Morgan fingerprint density at radius 1 is 1.25 bits per heavy atom. The fourth-order valence-corrected chi connectivity index (χ4v) is 0. The van der Waals surface area contributed by atoms with Crippen molar-refractivity contribution in [1.82, 2.24) is 12.3 Å². The maximum atomic E-state index is 9.00. The summed E-state index contributed by atoms with van der Waals surface area (Å²) in [6, 6.07) is 0. The summed E-state index contributed by atoms with van der Waals surface area (Å²) in [6.45, 7) is 1.08. The number of hydrogen-bond donors (Lipinski definition) is 3. The Hall–Kier alpha value is 0.0195. The molecule has 1 radical (unpaired) electrons. The number of phosphoric acid groups is 1. The predicted molar refractivity (Wildman–Crippen MR) is 32.9 cm³/mol. The van der Waals surface area contributed by atoms with Crippen molar-refractivity contribution < 1.29 is 46.2 Å². The van der Waals surface area contributed by atoms with E-state index in [0.717, 1.165) is 6.92 Å². The van der Waals surface area contributed by atoms with Gasteiger partial charge in [0.05, 0.1) is 0 Å². The molecule has 9 N–H and O–H groups in total. The van der Waals surface area contributed by atoms with Crippen molar-refractivity contribution in [2.75, 3.05) is 0 Å². The molecule has 0 saturated heterocycles. The van der Waals surface area contributed by atoms with Crippen LogP contribution >= 0.6 is 7.82 Å². The summed E-state index contributed by atoms with van der Waals surface area (Å²) in [7, 11) is -5.39. The van der Waals surface area contributed by atoms with E-state index in [0.29, 0.717) is 0 Å². The first kappa shape index (κ1) is 29.6. The minimum absolute atomic E-state index is 0. The third kappa shape index (κ3) is 2150000. The maximum Gasteiger partial charge on any atom is 0.300 e. The van der Waals surface area contributed by atoms with Gasteiger partial charge in [-0.05, 0) is 0 Å². The molecule has 0 aromatic carbocycles. The minimum atomic E-state index is -5.39. The number of rotatable bonds is 0. The quantitative estimate of drug-likeness (QED) is 0.326. The van der Waals surface area contributed by atoms with Gasteiger partial charge in [0.15, 0.2) is 0 Å². The fraction of sp³-hybridized carbons (Fsp3) is 0.500. The zero-order valence-corrected chi connectivity index (χ0v) is 8.89. The molecule has 0 aromatic heterocycles. The molecule has 0 atom stereocenters. The van der Waals surface area contributed by atoms with E-state index in [4.69, 9.17) is 29.1 Å².